The number of hydrogen-bond acceptors (Lipinski definition) is 4. The first-order valence-corrected chi connectivity index (χ1v) is 3.47. The molecule has 1 heterocycles. The zero-order chi connectivity index (χ0) is 10.8. The van der Waals surface area contributed by atoms with Crippen molar-refractivity contribution in [1.29, 1.82) is 0 Å². The number of carbonyl (C=O) groups is 1. The van der Waals surface area contributed by atoms with Gasteiger partial charge in [0.1, 0.15) is 0 Å². The van der Waals surface area contributed by atoms with Crippen molar-refractivity contribution in [2.24, 2.45) is 0 Å². The van der Waals surface area contributed by atoms with Crippen LogP contribution in [0.4, 0.5) is 13.2 Å². The molecule has 0 radical (unpaired) electrons. The molecule has 1 aromatic rings. The van der Waals surface area contributed by atoms with Crippen molar-refractivity contribution >= 4 is 5.97 Å². The summed E-state index contributed by atoms with van der Waals surface area (Å²) in [5, 5.41) is 16.8. The standard InChI is InChI=1S/C5H5F3N4O2/c6-5(7,8)12-3(9-10-11-12)1-2-4(13)14/h1-2H2,(H,13,14). The van der Waals surface area contributed by atoms with Crippen LogP contribution >= 0.6 is 0 Å². The molecule has 78 valence electrons. The molecule has 14 heavy (non-hydrogen) atoms. The highest BCUT2D eigenvalue weighted by molar-refractivity contribution is 5.66. The number of aryl methyl sites for hydroxylation is 1. The number of nitrogens with zero attached hydrogens (tertiary/aromatic N) is 4. The maximum atomic E-state index is 12.1. The maximum absolute atomic E-state index is 12.1. The highest BCUT2D eigenvalue weighted by Gasteiger charge is 2.35. The van der Waals surface area contributed by atoms with Crippen LogP contribution in [0.3, 0.4) is 0 Å². The van der Waals surface area contributed by atoms with Gasteiger partial charge in [-0.2, -0.15) is 0 Å². The lowest BCUT2D eigenvalue weighted by molar-refractivity contribution is -0.214. The second kappa shape index (κ2) is 3.60. The fourth-order valence-corrected chi connectivity index (χ4v) is 0.777. The van der Waals surface area contributed by atoms with Crippen molar-refractivity contribution in [3.8, 4) is 0 Å². The van der Waals surface area contributed by atoms with Crippen LogP contribution in [0.25, 0.3) is 0 Å². The summed E-state index contributed by atoms with van der Waals surface area (Å²) in [4.78, 5) is 10.1. The van der Waals surface area contributed by atoms with E-state index in [4.69, 9.17) is 5.11 Å². The summed E-state index contributed by atoms with van der Waals surface area (Å²) in [6.45, 7) is 0. The van der Waals surface area contributed by atoms with Gasteiger partial charge in [-0.15, -0.1) is 23.0 Å². The lowest BCUT2D eigenvalue weighted by Crippen LogP contribution is -2.21. The molecule has 6 nitrogen and oxygen atoms in total. The first-order chi connectivity index (χ1) is 6.41. The fourth-order valence-electron chi connectivity index (χ4n) is 0.777. The highest BCUT2D eigenvalue weighted by Crippen LogP contribution is 2.21. The summed E-state index contributed by atoms with van der Waals surface area (Å²) in [5.74, 6) is -1.72. The third-order valence-corrected chi connectivity index (χ3v) is 1.34. The van der Waals surface area contributed by atoms with Crippen LogP contribution in [-0.4, -0.2) is 31.3 Å². The van der Waals surface area contributed by atoms with E-state index < -0.39 is 24.5 Å². The predicted molar refractivity (Wildman–Crippen MR) is 35.1 cm³/mol. The van der Waals surface area contributed by atoms with Gasteiger partial charge in [0.25, 0.3) is 0 Å². The smallest absolute Gasteiger partial charge is 0.481 e. The number of carboxylic acid groups (broad SMARTS) is 1. The van der Waals surface area contributed by atoms with E-state index in [1.165, 1.54) is 0 Å². The molecular formula is C5H5F3N4O2. The number of halogens is 3. The van der Waals surface area contributed by atoms with E-state index in [0.29, 0.717) is 0 Å². The Balaban J connectivity index is 2.78. The molecule has 0 saturated carbocycles. The zero-order valence-corrected chi connectivity index (χ0v) is 6.69. The molecule has 0 atom stereocenters. The Bertz CT molecular complexity index is 334. The third-order valence-electron chi connectivity index (χ3n) is 1.34. The molecule has 9 heteroatoms. The Kier molecular flexibility index (Phi) is 2.68. The summed E-state index contributed by atoms with van der Waals surface area (Å²) >= 11 is 0. The summed E-state index contributed by atoms with van der Waals surface area (Å²) in [7, 11) is 0. The minimum absolute atomic E-state index is 0.351. The van der Waals surface area contributed by atoms with Gasteiger partial charge in [0, 0.05) is 6.42 Å². The van der Waals surface area contributed by atoms with Crippen molar-refractivity contribution < 1.29 is 23.1 Å². The molecule has 1 rings (SSSR count). The number of aromatic nitrogens is 4. The van der Waals surface area contributed by atoms with Gasteiger partial charge in [-0.3, -0.25) is 4.79 Å². The minimum Gasteiger partial charge on any atom is -0.481 e. The summed E-state index contributed by atoms with van der Waals surface area (Å²) in [6, 6.07) is 0. The maximum Gasteiger partial charge on any atom is 0.507 e. The minimum atomic E-state index is -4.71. The van der Waals surface area contributed by atoms with E-state index in [0.717, 1.165) is 0 Å². The number of rotatable bonds is 3. The number of carboxylic acids is 1. The average molecular weight is 210 g/mol. The fraction of sp³-hybridized carbons (Fsp3) is 0.600. The molecule has 0 spiro atoms. The quantitative estimate of drug-likeness (QED) is 0.768. The van der Waals surface area contributed by atoms with Crippen LogP contribution in [0.1, 0.15) is 12.2 Å². The van der Waals surface area contributed by atoms with E-state index in [1.54, 1.807) is 0 Å². The number of tetrazole rings is 1. The van der Waals surface area contributed by atoms with Gasteiger partial charge in [-0.05, 0) is 10.4 Å². The van der Waals surface area contributed by atoms with Crippen LogP contribution in [0, 0.1) is 0 Å². The molecule has 0 aromatic carbocycles. The van der Waals surface area contributed by atoms with E-state index >= 15 is 0 Å². The number of hydrogen-bond donors (Lipinski definition) is 1. The first-order valence-electron chi connectivity index (χ1n) is 3.47. The van der Waals surface area contributed by atoms with Crippen LogP contribution in [0.15, 0.2) is 0 Å². The molecule has 0 aliphatic carbocycles. The van der Waals surface area contributed by atoms with Gasteiger partial charge in [0.15, 0.2) is 5.82 Å². The Hall–Kier alpha value is -1.67. The largest absolute Gasteiger partial charge is 0.507 e. The Morgan fingerprint density at radius 2 is 2.14 bits per heavy atom. The van der Waals surface area contributed by atoms with Crippen molar-refractivity contribution in [2.75, 3.05) is 0 Å². The highest BCUT2D eigenvalue weighted by atomic mass is 19.4. The average Bonchev–Trinajstić information content (AvgIpc) is 2.46. The van der Waals surface area contributed by atoms with Crippen LogP contribution in [0.5, 0.6) is 0 Å². The summed E-state index contributed by atoms with van der Waals surface area (Å²) < 4.78 is 35.9. The van der Waals surface area contributed by atoms with Gasteiger partial charge >= 0.3 is 12.3 Å². The summed E-state index contributed by atoms with van der Waals surface area (Å²) in [6.07, 6.45) is -5.52. The van der Waals surface area contributed by atoms with Crippen molar-refractivity contribution in [1.82, 2.24) is 20.2 Å². The lowest BCUT2D eigenvalue weighted by atomic mass is 10.3. The van der Waals surface area contributed by atoms with Gasteiger partial charge in [-0.1, -0.05) is 0 Å². The second-order valence-electron chi connectivity index (χ2n) is 2.37. The third kappa shape index (κ3) is 2.41. The molecule has 1 aromatic heterocycles. The van der Waals surface area contributed by atoms with Crippen molar-refractivity contribution in [3.05, 3.63) is 5.82 Å². The van der Waals surface area contributed by atoms with Gasteiger partial charge in [0.2, 0.25) is 0 Å². The van der Waals surface area contributed by atoms with Gasteiger partial charge < -0.3 is 5.11 Å². The molecule has 0 saturated heterocycles. The molecule has 0 aliphatic rings. The van der Waals surface area contributed by atoms with Crippen LogP contribution in [0.2, 0.25) is 0 Å². The SMILES string of the molecule is O=C(O)CCc1nnnn1C(F)(F)F. The van der Waals surface area contributed by atoms with E-state index in [1.807, 2.05) is 0 Å². The normalized spacial score (nSPS) is 11.6. The molecule has 0 bridgehead atoms. The van der Waals surface area contributed by atoms with E-state index in [-0.39, 0.29) is 11.1 Å². The molecule has 0 fully saturated rings. The van der Waals surface area contributed by atoms with Crippen molar-refractivity contribution in [2.45, 2.75) is 19.1 Å². The monoisotopic (exact) mass is 210 g/mol. The first kappa shape index (κ1) is 10.4. The number of alkyl halides is 3. The zero-order valence-electron chi connectivity index (χ0n) is 6.69. The van der Waals surface area contributed by atoms with E-state index in [2.05, 4.69) is 15.5 Å². The molecule has 1 N–H and O–H groups in total. The Morgan fingerprint density at radius 3 is 2.64 bits per heavy atom. The Morgan fingerprint density at radius 1 is 1.50 bits per heavy atom. The topological polar surface area (TPSA) is 80.9 Å². The molecule has 0 unspecified atom stereocenters. The van der Waals surface area contributed by atoms with Gasteiger partial charge in [0.05, 0.1) is 6.42 Å². The van der Waals surface area contributed by atoms with Crippen LogP contribution < -0.4 is 0 Å². The summed E-state index contributed by atoms with van der Waals surface area (Å²) in [5.41, 5.74) is 0. The van der Waals surface area contributed by atoms with Gasteiger partial charge in [-0.25, -0.2) is 0 Å². The molecular weight excluding hydrogens is 205 g/mol. The lowest BCUT2D eigenvalue weighted by Gasteiger charge is -2.06. The predicted octanol–water partition coefficient (Wildman–Crippen LogP) is 0.167. The van der Waals surface area contributed by atoms with Crippen LogP contribution in [-0.2, 0) is 17.5 Å². The number of aliphatic carboxylic acids is 1. The van der Waals surface area contributed by atoms with E-state index in [9.17, 15) is 18.0 Å². The molecule has 0 aliphatic heterocycles. The Labute approximate surface area is 75.3 Å². The second-order valence-corrected chi connectivity index (χ2v) is 2.37. The van der Waals surface area contributed by atoms with Crippen molar-refractivity contribution in [3.63, 3.8) is 0 Å². The molecule has 0 amide bonds.